The first-order valence-electron chi connectivity index (χ1n) is 5.64. The van der Waals surface area contributed by atoms with E-state index in [0.29, 0.717) is 0 Å². The molecule has 0 bridgehead atoms. The Hall–Kier alpha value is -2.06. The fourth-order valence-electron chi connectivity index (χ4n) is 2.07. The minimum absolute atomic E-state index is 0.560. The van der Waals surface area contributed by atoms with Gasteiger partial charge in [-0.1, -0.05) is 36.4 Å². The summed E-state index contributed by atoms with van der Waals surface area (Å²) in [5.74, 6) is 0. The molecule has 2 nitrogen and oxygen atoms in total. The van der Waals surface area contributed by atoms with Crippen LogP contribution in [-0.2, 0) is 0 Å². The van der Waals surface area contributed by atoms with Gasteiger partial charge in [0.2, 0.25) is 0 Å². The van der Waals surface area contributed by atoms with Crippen molar-refractivity contribution >= 4 is 10.9 Å². The van der Waals surface area contributed by atoms with Gasteiger partial charge in [-0.25, -0.2) is 0 Å². The highest BCUT2D eigenvalue weighted by Crippen LogP contribution is 2.24. The Labute approximate surface area is 99.5 Å². The van der Waals surface area contributed by atoms with E-state index in [0.717, 1.165) is 22.0 Å². The van der Waals surface area contributed by atoms with Crippen LogP contribution >= 0.6 is 0 Å². The average molecular weight is 223 g/mol. The molecule has 0 saturated heterocycles. The number of aromatic nitrogens is 1. The summed E-state index contributed by atoms with van der Waals surface area (Å²) in [7, 11) is 0. The fraction of sp³-hybridized carbons (Fsp3) is 0.0667. The molecule has 84 valence electrons. The standard InChI is InChI=1S/C15H13NO/c17-15(11-4-2-1-3-5-11)13-6-7-14-12(10-13)8-9-16-14/h1-10,15-17H. The molecule has 2 aromatic carbocycles. The van der Waals surface area contributed by atoms with E-state index < -0.39 is 6.10 Å². The molecule has 1 aromatic heterocycles. The minimum atomic E-state index is -0.560. The first kappa shape index (κ1) is 10.1. The number of rotatable bonds is 2. The van der Waals surface area contributed by atoms with Gasteiger partial charge >= 0.3 is 0 Å². The molecular weight excluding hydrogens is 210 g/mol. The second kappa shape index (κ2) is 4.07. The number of benzene rings is 2. The number of hydrogen-bond acceptors (Lipinski definition) is 1. The zero-order valence-electron chi connectivity index (χ0n) is 9.30. The highest BCUT2D eigenvalue weighted by Gasteiger charge is 2.10. The van der Waals surface area contributed by atoms with Crippen molar-refractivity contribution in [1.29, 1.82) is 0 Å². The molecule has 0 saturated carbocycles. The predicted octanol–water partition coefficient (Wildman–Crippen LogP) is 3.25. The van der Waals surface area contributed by atoms with E-state index in [1.807, 2.05) is 60.8 Å². The lowest BCUT2D eigenvalue weighted by atomic mass is 10.0. The number of aliphatic hydroxyl groups is 1. The van der Waals surface area contributed by atoms with E-state index >= 15 is 0 Å². The van der Waals surface area contributed by atoms with Crippen LogP contribution < -0.4 is 0 Å². The lowest BCUT2D eigenvalue weighted by Gasteiger charge is -2.11. The molecule has 17 heavy (non-hydrogen) atoms. The largest absolute Gasteiger partial charge is 0.384 e. The van der Waals surface area contributed by atoms with E-state index in [4.69, 9.17) is 0 Å². The Morgan fingerprint density at radius 2 is 1.71 bits per heavy atom. The van der Waals surface area contributed by atoms with Gasteiger partial charge in [0.15, 0.2) is 0 Å². The summed E-state index contributed by atoms with van der Waals surface area (Å²) in [4.78, 5) is 3.14. The van der Waals surface area contributed by atoms with E-state index in [9.17, 15) is 5.11 Å². The number of aliphatic hydroxyl groups excluding tert-OH is 1. The van der Waals surface area contributed by atoms with Crippen molar-refractivity contribution in [3.05, 3.63) is 71.9 Å². The van der Waals surface area contributed by atoms with Gasteiger partial charge < -0.3 is 10.1 Å². The lowest BCUT2D eigenvalue weighted by Crippen LogP contribution is -1.98. The third-order valence-corrected chi connectivity index (χ3v) is 3.01. The van der Waals surface area contributed by atoms with Gasteiger partial charge in [0, 0.05) is 11.7 Å². The summed E-state index contributed by atoms with van der Waals surface area (Å²) in [5, 5.41) is 11.4. The van der Waals surface area contributed by atoms with Crippen LogP contribution in [0.1, 0.15) is 17.2 Å². The fourth-order valence-corrected chi connectivity index (χ4v) is 2.07. The Balaban J connectivity index is 2.03. The Morgan fingerprint density at radius 3 is 2.53 bits per heavy atom. The summed E-state index contributed by atoms with van der Waals surface area (Å²) in [6.07, 6.45) is 1.35. The molecule has 2 N–H and O–H groups in total. The SMILES string of the molecule is OC(c1ccccc1)c1ccc2[nH]ccc2c1. The highest BCUT2D eigenvalue weighted by molar-refractivity contribution is 5.80. The van der Waals surface area contributed by atoms with Gasteiger partial charge in [0.05, 0.1) is 0 Å². The number of fused-ring (bicyclic) bond motifs is 1. The maximum Gasteiger partial charge on any atom is 0.104 e. The Morgan fingerprint density at radius 1 is 0.882 bits per heavy atom. The number of aromatic amines is 1. The first-order chi connectivity index (χ1) is 8.34. The van der Waals surface area contributed by atoms with E-state index in [2.05, 4.69) is 4.98 Å². The van der Waals surface area contributed by atoms with Gasteiger partial charge in [-0.05, 0) is 34.7 Å². The summed E-state index contributed by atoms with van der Waals surface area (Å²) < 4.78 is 0. The summed E-state index contributed by atoms with van der Waals surface area (Å²) >= 11 is 0. The molecule has 3 rings (SSSR count). The number of nitrogens with one attached hydrogen (secondary N) is 1. The van der Waals surface area contributed by atoms with Crippen LogP contribution in [0.5, 0.6) is 0 Å². The second-order valence-corrected chi connectivity index (χ2v) is 4.14. The van der Waals surface area contributed by atoms with Crippen LogP contribution in [-0.4, -0.2) is 10.1 Å². The molecule has 2 heteroatoms. The van der Waals surface area contributed by atoms with Crippen LogP contribution in [0.25, 0.3) is 10.9 Å². The van der Waals surface area contributed by atoms with E-state index in [-0.39, 0.29) is 0 Å². The maximum absolute atomic E-state index is 10.3. The van der Waals surface area contributed by atoms with Crippen molar-refractivity contribution in [3.8, 4) is 0 Å². The highest BCUT2D eigenvalue weighted by atomic mass is 16.3. The van der Waals surface area contributed by atoms with Crippen molar-refractivity contribution < 1.29 is 5.11 Å². The molecule has 1 unspecified atom stereocenters. The van der Waals surface area contributed by atoms with Gasteiger partial charge in [0.25, 0.3) is 0 Å². The number of H-pyrrole nitrogens is 1. The molecular formula is C15H13NO. The predicted molar refractivity (Wildman–Crippen MR) is 68.8 cm³/mol. The minimum Gasteiger partial charge on any atom is -0.384 e. The molecule has 0 fully saturated rings. The van der Waals surface area contributed by atoms with Crippen molar-refractivity contribution in [2.75, 3.05) is 0 Å². The lowest BCUT2D eigenvalue weighted by molar-refractivity contribution is 0.220. The monoisotopic (exact) mass is 223 g/mol. The second-order valence-electron chi connectivity index (χ2n) is 4.14. The topological polar surface area (TPSA) is 36.0 Å². The van der Waals surface area contributed by atoms with Gasteiger partial charge in [-0.2, -0.15) is 0 Å². The van der Waals surface area contributed by atoms with E-state index in [1.165, 1.54) is 0 Å². The number of hydrogen-bond donors (Lipinski definition) is 2. The van der Waals surface area contributed by atoms with Gasteiger partial charge in [0.1, 0.15) is 6.10 Å². The zero-order chi connectivity index (χ0) is 11.7. The molecule has 0 spiro atoms. The molecule has 0 aliphatic heterocycles. The van der Waals surface area contributed by atoms with Gasteiger partial charge in [-0.3, -0.25) is 0 Å². The maximum atomic E-state index is 10.3. The van der Waals surface area contributed by atoms with Crippen molar-refractivity contribution in [2.24, 2.45) is 0 Å². The third kappa shape index (κ3) is 1.83. The summed E-state index contributed by atoms with van der Waals surface area (Å²) in [6, 6.07) is 17.7. The zero-order valence-corrected chi connectivity index (χ0v) is 9.30. The average Bonchev–Trinajstić information content (AvgIpc) is 2.86. The van der Waals surface area contributed by atoms with Crippen LogP contribution in [0.3, 0.4) is 0 Å². The molecule has 3 aromatic rings. The molecule has 0 radical (unpaired) electrons. The molecule has 0 aliphatic carbocycles. The van der Waals surface area contributed by atoms with Crippen molar-refractivity contribution in [2.45, 2.75) is 6.10 Å². The molecule has 1 heterocycles. The summed E-state index contributed by atoms with van der Waals surface area (Å²) in [5.41, 5.74) is 2.93. The quantitative estimate of drug-likeness (QED) is 0.687. The summed E-state index contributed by atoms with van der Waals surface area (Å²) in [6.45, 7) is 0. The molecule has 0 amide bonds. The third-order valence-electron chi connectivity index (χ3n) is 3.01. The Bertz CT molecular complexity index is 627. The van der Waals surface area contributed by atoms with Gasteiger partial charge in [-0.15, -0.1) is 0 Å². The smallest absolute Gasteiger partial charge is 0.104 e. The van der Waals surface area contributed by atoms with Crippen LogP contribution in [0, 0.1) is 0 Å². The normalized spacial score (nSPS) is 12.8. The van der Waals surface area contributed by atoms with Crippen LogP contribution in [0.4, 0.5) is 0 Å². The van der Waals surface area contributed by atoms with Crippen molar-refractivity contribution in [3.63, 3.8) is 0 Å². The first-order valence-corrected chi connectivity index (χ1v) is 5.64. The van der Waals surface area contributed by atoms with Crippen molar-refractivity contribution in [1.82, 2.24) is 4.98 Å². The Kier molecular flexibility index (Phi) is 2.42. The van der Waals surface area contributed by atoms with Crippen LogP contribution in [0.2, 0.25) is 0 Å². The van der Waals surface area contributed by atoms with Crippen LogP contribution in [0.15, 0.2) is 60.8 Å². The molecule has 1 atom stereocenters. The van der Waals surface area contributed by atoms with E-state index in [1.54, 1.807) is 0 Å². The molecule has 0 aliphatic rings.